The summed E-state index contributed by atoms with van der Waals surface area (Å²) in [6.45, 7) is -0.00115. The normalized spacial score (nSPS) is 18.7. The number of carboxylic acid groups (broad SMARTS) is 1. The number of nitrogens with zero attached hydrogens (tertiary/aromatic N) is 3. The van der Waals surface area contributed by atoms with Crippen molar-refractivity contribution in [2.24, 2.45) is 0 Å². The molecule has 1 saturated heterocycles. The van der Waals surface area contributed by atoms with Crippen molar-refractivity contribution in [3.05, 3.63) is 54.4 Å². The van der Waals surface area contributed by atoms with Crippen molar-refractivity contribution in [2.75, 3.05) is 18.4 Å². The molecule has 1 aliphatic heterocycles. The largest absolute Gasteiger partial charge is 0.480 e. The molecule has 2 heterocycles. The van der Waals surface area contributed by atoms with Gasteiger partial charge in [-0.25, -0.2) is 14.8 Å². The van der Waals surface area contributed by atoms with Crippen LogP contribution in [0.25, 0.3) is 0 Å². The van der Waals surface area contributed by atoms with Gasteiger partial charge in [0.2, 0.25) is 11.9 Å². The van der Waals surface area contributed by atoms with Crippen molar-refractivity contribution in [1.82, 2.24) is 20.2 Å². The molecule has 140 valence electrons. The second kappa shape index (κ2) is 8.26. The summed E-state index contributed by atoms with van der Waals surface area (Å²) in [5.41, 5.74) is 0.483. The quantitative estimate of drug-likeness (QED) is 0.672. The van der Waals surface area contributed by atoms with Gasteiger partial charge in [-0.15, -0.1) is 0 Å². The lowest BCUT2D eigenvalue weighted by atomic mass is 10.1. The highest BCUT2D eigenvalue weighted by Gasteiger charge is 2.40. The third-order valence-corrected chi connectivity index (χ3v) is 4.24. The summed E-state index contributed by atoms with van der Waals surface area (Å²) < 4.78 is 0. The van der Waals surface area contributed by atoms with Crippen molar-refractivity contribution >= 4 is 23.7 Å². The Labute approximate surface area is 155 Å². The molecule has 1 aromatic carbocycles. The Balaban J connectivity index is 1.61. The van der Waals surface area contributed by atoms with Gasteiger partial charge in [0, 0.05) is 37.0 Å². The van der Waals surface area contributed by atoms with Gasteiger partial charge in [0.1, 0.15) is 6.04 Å². The smallest absolute Gasteiger partial charge is 0.326 e. The number of hydrogen-bond donors (Lipinski definition) is 3. The number of anilines is 1. The summed E-state index contributed by atoms with van der Waals surface area (Å²) in [5.74, 6) is -1.51. The van der Waals surface area contributed by atoms with E-state index in [9.17, 15) is 19.5 Å². The number of benzene rings is 1. The van der Waals surface area contributed by atoms with Crippen molar-refractivity contribution in [3.8, 4) is 0 Å². The van der Waals surface area contributed by atoms with Crippen molar-refractivity contribution in [2.45, 2.75) is 18.5 Å². The standard InChI is InChI=1S/C18H19N5O4/c24-15(10-21-18-19-7-4-8-20-18)23-11-13(9-14(23)17(26)27)22-16(25)12-5-2-1-3-6-12/h1-8,13-14H,9-11H2,(H,22,25)(H,26,27)(H,19,20,21). The molecule has 0 aliphatic carbocycles. The lowest BCUT2D eigenvalue weighted by Crippen LogP contribution is -2.44. The van der Waals surface area contributed by atoms with Crippen LogP contribution in [0.1, 0.15) is 16.8 Å². The lowest BCUT2D eigenvalue weighted by Gasteiger charge is -2.21. The molecule has 9 nitrogen and oxygen atoms in total. The third kappa shape index (κ3) is 4.57. The number of nitrogens with one attached hydrogen (secondary N) is 2. The molecule has 9 heteroatoms. The fourth-order valence-electron chi connectivity index (χ4n) is 2.96. The fourth-order valence-corrected chi connectivity index (χ4v) is 2.96. The van der Waals surface area contributed by atoms with Crippen LogP contribution in [0.3, 0.4) is 0 Å². The molecule has 2 amide bonds. The minimum absolute atomic E-state index is 0.131. The Kier molecular flexibility index (Phi) is 5.60. The molecular formula is C18H19N5O4. The number of hydrogen-bond acceptors (Lipinski definition) is 6. The molecule has 1 fully saturated rings. The first-order valence-corrected chi connectivity index (χ1v) is 8.43. The Bertz CT molecular complexity index is 815. The summed E-state index contributed by atoms with van der Waals surface area (Å²) in [6, 6.07) is 8.86. The van der Waals surface area contributed by atoms with Gasteiger partial charge in [-0.05, 0) is 18.2 Å². The maximum absolute atomic E-state index is 12.5. The minimum Gasteiger partial charge on any atom is -0.480 e. The first kappa shape index (κ1) is 18.3. The van der Waals surface area contributed by atoms with Crippen molar-refractivity contribution in [1.29, 1.82) is 0 Å². The number of carboxylic acids is 1. The van der Waals surface area contributed by atoms with Gasteiger partial charge < -0.3 is 20.6 Å². The van der Waals surface area contributed by atoms with E-state index in [1.54, 1.807) is 36.4 Å². The van der Waals surface area contributed by atoms with Crippen LogP contribution in [-0.2, 0) is 9.59 Å². The fraction of sp³-hybridized carbons (Fsp3) is 0.278. The van der Waals surface area contributed by atoms with E-state index in [1.165, 1.54) is 17.3 Å². The minimum atomic E-state index is -1.10. The zero-order valence-electron chi connectivity index (χ0n) is 14.4. The summed E-state index contributed by atoms with van der Waals surface area (Å²) >= 11 is 0. The topological polar surface area (TPSA) is 125 Å². The average Bonchev–Trinajstić information content (AvgIpc) is 3.12. The maximum Gasteiger partial charge on any atom is 0.326 e. The number of aromatic nitrogens is 2. The number of carbonyl (C=O) groups excluding carboxylic acids is 2. The van der Waals surface area contributed by atoms with Gasteiger partial charge >= 0.3 is 5.97 Å². The van der Waals surface area contributed by atoms with Crippen molar-refractivity contribution in [3.63, 3.8) is 0 Å². The molecule has 2 aromatic rings. The first-order valence-electron chi connectivity index (χ1n) is 8.43. The van der Waals surface area contributed by atoms with E-state index in [-0.39, 0.29) is 31.4 Å². The highest BCUT2D eigenvalue weighted by atomic mass is 16.4. The van der Waals surface area contributed by atoms with E-state index in [4.69, 9.17) is 0 Å². The van der Waals surface area contributed by atoms with E-state index in [2.05, 4.69) is 20.6 Å². The van der Waals surface area contributed by atoms with Gasteiger partial charge in [0.05, 0.1) is 6.54 Å². The second-order valence-corrected chi connectivity index (χ2v) is 6.10. The SMILES string of the molecule is O=C(NC1CC(C(=O)O)N(C(=O)CNc2ncccn2)C1)c1ccccc1. The molecule has 2 unspecified atom stereocenters. The van der Waals surface area contributed by atoms with E-state index >= 15 is 0 Å². The molecule has 0 spiro atoms. The van der Waals surface area contributed by atoms with Crippen LogP contribution in [0.15, 0.2) is 48.8 Å². The van der Waals surface area contributed by atoms with Crippen LogP contribution in [-0.4, -0.2) is 62.9 Å². The predicted molar refractivity (Wildman–Crippen MR) is 96.0 cm³/mol. The summed E-state index contributed by atoms with van der Waals surface area (Å²) in [6.07, 6.45) is 3.22. The molecule has 3 rings (SSSR count). The van der Waals surface area contributed by atoms with Crippen LogP contribution >= 0.6 is 0 Å². The van der Waals surface area contributed by atoms with Gasteiger partial charge in [-0.3, -0.25) is 9.59 Å². The van der Waals surface area contributed by atoms with Crippen LogP contribution in [0, 0.1) is 0 Å². The summed E-state index contributed by atoms with van der Waals surface area (Å²) in [5, 5.41) is 15.0. The molecule has 0 saturated carbocycles. The van der Waals surface area contributed by atoms with Crippen LogP contribution in [0.4, 0.5) is 5.95 Å². The van der Waals surface area contributed by atoms with E-state index in [0.717, 1.165) is 0 Å². The lowest BCUT2D eigenvalue weighted by molar-refractivity contribution is -0.147. The molecule has 1 aliphatic rings. The van der Waals surface area contributed by atoms with Gasteiger partial charge in [0.15, 0.2) is 0 Å². The Morgan fingerprint density at radius 1 is 1.11 bits per heavy atom. The highest BCUT2D eigenvalue weighted by Crippen LogP contribution is 2.19. The molecular weight excluding hydrogens is 350 g/mol. The summed E-state index contributed by atoms with van der Waals surface area (Å²) in [4.78, 5) is 45.4. The predicted octanol–water partition coefficient (Wildman–Crippen LogP) is 0.373. The zero-order chi connectivity index (χ0) is 19.2. The van der Waals surface area contributed by atoms with E-state index < -0.39 is 24.0 Å². The molecule has 1 aromatic heterocycles. The van der Waals surface area contributed by atoms with E-state index in [1.807, 2.05) is 0 Å². The number of carbonyl (C=O) groups is 3. The third-order valence-electron chi connectivity index (χ3n) is 4.24. The van der Waals surface area contributed by atoms with Crippen molar-refractivity contribution < 1.29 is 19.5 Å². The average molecular weight is 369 g/mol. The molecule has 0 radical (unpaired) electrons. The molecule has 27 heavy (non-hydrogen) atoms. The van der Waals surface area contributed by atoms with E-state index in [0.29, 0.717) is 5.56 Å². The maximum atomic E-state index is 12.5. The Morgan fingerprint density at radius 3 is 2.48 bits per heavy atom. The van der Waals surface area contributed by atoms with Gasteiger partial charge in [0.25, 0.3) is 5.91 Å². The Hall–Kier alpha value is -3.49. The summed E-state index contributed by atoms with van der Waals surface area (Å²) in [7, 11) is 0. The van der Waals surface area contributed by atoms with Crippen LogP contribution in [0.5, 0.6) is 0 Å². The molecule has 2 atom stereocenters. The Morgan fingerprint density at radius 2 is 1.81 bits per heavy atom. The number of aliphatic carboxylic acids is 1. The zero-order valence-corrected chi connectivity index (χ0v) is 14.4. The number of amides is 2. The van der Waals surface area contributed by atoms with Crippen LogP contribution < -0.4 is 10.6 Å². The highest BCUT2D eigenvalue weighted by molar-refractivity contribution is 5.94. The second-order valence-electron chi connectivity index (χ2n) is 6.10. The molecule has 0 bridgehead atoms. The monoisotopic (exact) mass is 369 g/mol. The number of rotatable bonds is 6. The molecule has 3 N–H and O–H groups in total. The van der Waals surface area contributed by atoms with Crippen LogP contribution in [0.2, 0.25) is 0 Å². The first-order chi connectivity index (χ1) is 13.0. The van der Waals surface area contributed by atoms with Gasteiger partial charge in [-0.1, -0.05) is 18.2 Å². The van der Waals surface area contributed by atoms with Gasteiger partial charge in [-0.2, -0.15) is 0 Å². The number of likely N-dealkylation sites (tertiary alicyclic amines) is 1.